The summed E-state index contributed by atoms with van der Waals surface area (Å²) >= 11 is 3.16. The molecule has 1 aromatic rings. The largest absolute Gasteiger partial charge is 0.487 e. The summed E-state index contributed by atoms with van der Waals surface area (Å²) in [6, 6.07) is 5.47. The van der Waals surface area contributed by atoms with Crippen LogP contribution in [-0.2, 0) is 0 Å². The molecule has 1 N–H and O–H groups in total. The standard InChI is InChI=1S/C15H21BrFNO/c1-11(2)18-9-8-15(6-3-7-15)19-12-4-5-13(16)14(17)10-12/h4-5,10-11,18H,3,6-9H2,1-2H3. The molecule has 0 saturated heterocycles. The van der Waals surface area contributed by atoms with Crippen molar-refractivity contribution in [2.75, 3.05) is 6.54 Å². The maximum atomic E-state index is 13.5. The second-order valence-corrected chi connectivity index (χ2v) is 6.43. The van der Waals surface area contributed by atoms with Crippen LogP contribution >= 0.6 is 15.9 Å². The highest BCUT2D eigenvalue weighted by Crippen LogP contribution is 2.39. The predicted molar refractivity (Wildman–Crippen MR) is 79.1 cm³/mol. The molecule has 2 rings (SSSR count). The Morgan fingerprint density at radius 3 is 2.68 bits per heavy atom. The SMILES string of the molecule is CC(C)NCCC1(Oc2ccc(Br)c(F)c2)CCC1. The fourth-order valence-corrected chi connectivity index (χ4v) is 2.60. The minimum Gasteiger partial charge on any atom is -0.487 e. The van der Waals surface area contributed by atoms with Crippen LogP contribution in [0.15, 0.2) is 22.7 Å². The van der Waals surface area contributed by atoms with Gasteiger partial charge in [0.05, 0.1) is 4.47 Å². The van der Waals surface area contributed by atoms with Gasteiger partial charge in [0.25, 0.3) is 0 Å². The van der Waals surface area contributed by atoms with Gasteiger partial charge in [-0.25, -0.2) is 4.39 Å². The smallest absolute Gasteiger partial charge is 0.141 e. The van der Waals surface area contributed by atoms with Crippen molar-refractivity contribution in [2.24, 2.45) is 0 Å². The van der Waals surface area contributed by atoms with Gasteiger partial charge in [0.2, 0.25) is 0 Å². The second kappa shape index (κ2) is 6.23. The van der Waals surface area contributed by atoms with Crippen LogP contribution in [0.5, 0.6) is 5.75 Å². The van der Waals surface area contributed by atoms with Crippen molar-refractivity contribution in [3.63, 3.8) is 0 Å². The van der Waals surface area contributed by atoms with E-state index in [0.717, 1.165) is 25.8 Å². The molecule has 0 spiro atoms. The number of rotatable bonds is 6. The first kappa shape index (κ1) is 14.8. The zero-order valence-electron chi connectivity index (χ0n) is 11.5. The van der Waals surface area contributed by atoms with Gasteiger partial charge in [0.15, 0.2) is 0 Å². The van der Waals surface area contributed by atoms with Gasteiger partial charge in [0, 0.05) is 12.1 Å². The third kappa shape index (κ3) is 3.93. The molecular weight excluding hydrogens is 309 g/mol. The van der Waals surface area contributed by atoms with E-state index < -0.39 is 0 Å². The Balaban J connectivity index is 1.95. The van der Waals surface area contributed by atoms with Gasteiger partial charge >= 0.3 is 0 Å². The van der Waals surface area contributed by atoms with E-state index in [1.54, 1.807) is 6.07 Å². The van der Waals surface area contributed by atoms with Crippen molar-refractivity contribution in [3.05, 3.63) is 28.5 Å². The average molecular weight is 330 g/mol. The van der Waals surface area contributed by atoms with E-state index in [1.165, 1.54) is 12.5 Å². The van der Waals surface area contributed by atoms with Gasteiger partial charge in [0.1, 0.15) is 17.2 Å². The molecule has 106 valence electrons. The summed E-state index contributed by atoms with van der Waals surface area (Å²) in [5.41, 5.74) is -0.0951. The summed E-state index contributed by atoms with van der Waals surface area (Å²) in [6.07, 6.45) is 4.29. The Kier molecular flexibility index (Phi) is 4.85. The zero-order valence-corrected chi connectivity index (χ0v) is 13.1. The number of benzene rings is 1. The number of nitrogens with one attached hydrogen (secondary N) is 1. The predicted octanol–water partition coefficient (Wildman–Crippen LogP) is 4.28. The van der Waals surface area contributed by atoms with E-state index in [4.69, 9.17) is 4.74 Å². The molecule has 0 aromatic heterocycles. The molecule has 0 bridgehead atoms. The molecule has 2 nitrogen and oxygen atoms in total. The molecule has 1 fully saturated rings. The topological polar surface area (TPSA) is 21.3 Å². The van der Waals surface area contributed by atoms with Crippen LogP contribution in [0.25, 0.3) is 0 Å². The third-order valence-electron chi connectivity index (χ3n) is 3.62. The van der Waals surface area contributed by atoms with Crippen LogP contribution in [-0.4, -0.2) is 18.2 Å². The quantitative estimate of drug-likeness (QED) is 0.841. The summed E-state index contributed by atoms with van der Waals surface area (Å²) in [6.45, 7) is 5.22. The monoisotopic (exact) mass is 329 g/mol. The van der Waals surface area contributed by atoms with Crippen molar-refractivity contribution in [1.29, 1.82) is 0 Å². The summed E-state index contributed by atoms with van der Waals surface area (Å²) in [5, 5.41) is 3.41. The van der Waals surface area contributed by atoms with Gasteiger partial charge in [-0.15, -0.1) is 0 Å². The summed E-state index contributed by atoms with van der Waals surface area (Å²) in [4.78, 5) is 0. The van der Waals surface area contributed by atoms with E-state index in [1.807, 2.05) is 6.07 Å². The van der Waals surface area contributed by atoms with Crippen LogP contribution in [0.2, 0.25) is 0 Å². The number of ether oxygens (including phenoxy) is 1. The van der Waals surface area contributed by atoms with Crippen molar-refractivity contribution in [1.82, 2.24) is 5.32 Å². The third-order valence-corrected chi connectivity index (χ3v) is 4.27. The zero-order chi connectivity index (χ0) is 13.9. The van der Waals surface area contributed by atoms with E-state index in [-0.39, 0.29) is 11.4 Å². The molecule has 0 aliphatic heterocycles. The highest BCUT2D eigenvalue weighted by atomic mass is 79.9. The Morgan fingerprint density at radius 1 is 1.42 bits per heavy atom. The summed E-state index contributed by atoms with van der Waals surface area (Å²) < 4.78 is 20.0. The Labute approximate surface area is 122 Å². The molecular formula is C15H21BrFNO. The fourth-order valence-electron chi connectivity index (χ4n) is 2.35. The first-order valence-corrected chi connectivity index (χ1v) is 7.67. The molecule has 0 unspecified atom stereocenters. The summed E-state index contributed by atoms with van der Waals surface area (Å²) in [7, 11) is 0. The number of hydrogen-bond donors (Lipinski definition) is 1. The van der Waals surface area contributed by atoms with E-state index >= 15 is 0 Å². The first-order chi connectivity index (χ1) is 9.01. The van der Waals surface area contributed by atoms with Crippen LogP contribution < -0.4 is 10.1 Å². The van der Waals surface area contributed by atoms with E-state index in [9.17, 15) is 4.39 Å². The van der Waals surface area contributed by atoms with Crippen LogP contribution in [0.1, 0.15) is 39.5 Å². The Bertz CT molecular complexity index is 432. The summed E-state index contributed by atoms with van der Waals surface area (Å²) in [5.74, 6) is 0.359. The molecule has 0 radical (unpaired) electrons. The Hall–Kier alpha value is -0.610. The lowest BCUT2D eigenvalue weighted by atomic mass is 9.77. The molecule has 1 aliphatic carbocycles. The maximum Gasteiger partial charge on any atom is 0.141 e. The van der Waals surface area contributed by atoms with Crippen LogP contribution in [0.3, 0.4) is 0 Å². The van der Waals surface area contributed by atoms with Gasteiger partial charge in [-0.2, -0.15) is 0 Å². The minimum atomic E-state index is -0.271. The van der Waals surface area contributed by atoms with Crippen molar-refractivity contribution < 1.29 is 9.13 Å². The van der Waals surface area contributed by atoms with E-state index in [0.29, 0.717) is 16.3 Å². The van der Waals surface area contributed by atoms with Gasteiger partial charge < -0.3 is 10.1 Å². The average Bonchev–Trinajstić information content (AvgIpc) is 2.30. The lowest BCUT2D eigenvalue weighted by Gasteiger charge is -2.42. The lowest BCUT2D eigenvalue weighted by Crippen LogP contribution is -2.46. The highest BCUT2D eigenvalue weighted by molar-refractivity contribution is 9.10. The second-order valence-electron chi connectivity index (χ2n) is 5.57. The van der Waals surface area contributed by atoms with Crippen LogP contribution in [0, 0.1) is 5.82 Å². The molecule has 1 aromatic carbocycles. The molecule has 1 aliphatic rings. The molecule has 0 amide bonds. The normalized spacial score (nSPS) is 17.3. The molecule has 4 heteroatoms. The fraction of sp³-hybridized carbons (Fsp3) is 0.600. The Morgan fingerprint density at radius 2 is 2.16 bits per heavy atom. The van der Waals surface area contributed by atoms with E-state index in [2.05, 4.69) is 35.1 Å². The minimum absolute atomic E-state index is 0.0951. The van der Waals surface area contributed by atoms with Gasteiger partial charge in [-0.05, 0) is 60.3 Å². The molecule has 19 heavy (non-hydrogen) atoms. The molecule has 0 heterocycles. The van der Waals surface area contributed by atoms with Gasteiger partial charge in [-0.1, -0.05) is 13.8 Å². The highest BCUT2D eigenvalue weighted by Gasteiger charge is 2.38. The maximum absolute atomic E-state index is 13.5. The van der Waals surface area contributed by atoms with Crippen molar-refractivity contribution in [2.45, 2.75) is 51.2 Å². The molecule has 1 saturated carbocycles. The first-order valence-electron chi connectivity index (χ1n) is 6.88. The van der Waals surface area contributed by atoms with Crippen molar-refractivity contribution in [3.8, 4) is 5.75 Å². The van der Waals surface area contributed by atoms with Crippen molar-refractivity contribution >= 4 is 15.9 Å². The van der Waals surface area contributed by atoms with Crippen LogP contribution in [0.4, 0.5) is 4.39 Å². The number of halogens is 2. The lowest BCUT2D eigenvalue weighted by molar-refractivity contribution is -0.0147. The number of hydrogen-bond acceptors (Lipinski definition) is 2. The van der Waals surface area contributed by atoms with Gasteiger partial charge in [-0.3, -0.25) is 0 Å². The molecule has 0 atom stereocenters.